The van der Waals surface area contributed by atoms with E-state index in [1.807, 2.05) is 0 Å². The first kappa shape index (κ1) is 8.37. The Morgan fingerprint density at radius 3 is 2.67 bits per heavy atom. The molecule has 0 bridgehead atoms. The molecule has 0 aromatic carbocycles. The van der Waals surface area contributed by atoms with E-state index in [1.54, 1.807) is 5.94 Å². The van der Waals surface area contributed by atoms with Crippen LogP contribution in [0.25, 0.3) is 0 Å². The summed E-state index contributed by atoms with van der Waals surface area (Å²) in [5.41, 5.74) is 10.5. The molecule has 3 nitrogen and oxygen atoms in total. The second-order valence-corrected chi connectivity index (χ2v) is 1.92. The van der Waals surface area contributed by atoms with Crippen molar-refractivity contribution in [2.45, 2.75) is 25.4 Å². The number of hydrogen-bond acceptors (Lipinski definition) is 3. The first-order chi connectivity index (χ1) is 4.27. The molecule has 0 fully saturated rings. The van der Waals surface area contributed by atoms with Crippen LogP contribution < -0.4 is 11.5 Å². The van der Waals surface area contributed by atoms with Crippen molar-refractivity contribution in [3.63, 3.8) is 0 Å². The fraction of sp³-hybridized carbons (Fsp3) is 0.667. The minimum absolute atomic E-state index is 0.245. The lowest BCUT2D eigenvalue weighted by molar-refractivity contribution is 0.566. The monoisotopic (exact) mass is 128 g/mol. The van der Waals surface area contributed by atoms with Crippen molar-refractivity contribution in [1.82, 2.24) is 0 Å². The van der Waals surface area contributed by atoms with Gasteiger partial charge in [0.25, 0.3) is 0 Å². The van der Waals surface area contributed by atoms with Gasteiger partial charge in [-0.3, -0.25) is 0 Å². The van der Waals surface area contributed by atoms with Crippen LogP contribution in [-0.2, 0) is 4.79 Å². The van der Waals surface area contributed by atoms with Gasteiger partial charge in [0.2, 0.25) is 0 Å². The summed E-state index contributed by atoms with van der Waals surface area (Å²) < 4.78 is 0. The third kappa shape index (κ3) is 7.37. The van der Waals surface area contributed by atoms with E-state index in [0.29, 0.717) is 0 Å². The van der Waals surface area contributed by atoms with Crippen LogP contribution in [0, 0.1) is 0 Å². The Bertz CT molecular complexity index is 106. The van der Waals surface area contributed by atoms with Gasteiger partial charge in [0.1, 0.15) is 5.94 Å². The number of carbonyl (C=O) groups excluding carboxylic acids is 1. The lowest BCUT2D eigenvalue weighted by Crippen LogP contribution is -2.29. The van der Waals surface area contributed by atoms with Crippen LogP contribution in [0.1, 0.15) is 19.3 Å². The molecule has 4 N–H and O–H groups in total. The number of nitrogens with two attached hydrogens (primary N) is 2. The van der Waals surface area contributed by atoms with Gasteiger partial charge in [-0.25, -0.2) is 4.79 Å². The third-order valence-electron chi connectivity index (χ3n) is 0.969. The van der Waals surface area contributed by atoms with Gasteiger partial charge in [-0.1, -0.05) is 0 Å². The zero-order valence-corrected chi connectivity index (χ0v) is 5.34. The molecule has 3 heteroatoms. The van der Waals surface area contributed by atoms with Crippen LogP contribution in [0.3, 0.4) is 0 Å². The summed E-state index contributed by atoms with van der Waals surface area (Å²) in [4.78, 5) is 9.61. The van der Waals surface area contributed by atoms with Gasteiger partial charge >= 0.3 is 0 Å². The molecular formula is C6H12N2O. The lowest BCUT2D eigenvalue weighted by atomic mass is 10.2. The van der Waals surface area contributed by atoms with E-state index in [9.17, 15) is 4.79 Å². The molecule has 0 unspecified atom stereocenters. The van der Waals surface area contributed by atoms with Crippen molar-refractivity contribution in [3.05, 3.63) is 6.08 Å². The van der Waals surface area contributed by atoms with E-state index >= 15 is 0 Å². The van der Waals surface area contributed by atoms with Crippen LogP contribution >= 0.6 is 0 Å². The maximum atomic E-state index is 9.61. The van der Waals surface area contributed by atoms with Crippen molar-refractivity contribution in [3.8, 4) is 0 Å². The van der Waals surface area contributed by atoms with Gasteiger partial charge in [-0.2, -0.15) is 0 Å². The molecule has 0 saturated heterocycles. The van der Waals surface area contributed by atoms with Crippen LogP contribution in [0.5, 0.6) is 0 Å². The SMILES string of the molecule is NC(N)CCCC=C=O. The molecule has 0 spiro atoms. The number of unbranched alkanes of at least 4 members (excludes halogenated alkanes) is 1. The molecule has 0 aliphatic rings. The first-order valence-corrected chi connectivity index (χ1v) is 2.98. The Kier molecular flexibility index (Phi) is 5.12. The van der Waals surface area contributed by atoms with Gasteiger partial charge in [0.05, 0.1) is 6.17 Å². The molecule has 0 saturated carbocycles. The summed E-state index contributed by atoms with van der Waals surface area (Å²) in [6, 6.07) is 0. The predicted molar refractivity (Wildman–Crippen MR) is 36.3 cm³/mol. The maximum absolute atomic E-state index is 9.61. The molecule has 0 aromatic rings. The highest BCUT2D eigenvalue weighted by atomic mass is 16.1. The van der Waals surface area contributed by atoms with E-state index in [-0.39, 0.29) is 6.17 Å². The van der Waals surface area contributed by atoms with Gasteiger partial charge in [-0.05, 0) is 25.3 Å². The smallest absolute Gasteiger partial charge is 0.120 e. The highest BCUT2D eigenvalue weighted by Crippen LogP contribution is 1.94. The average molecular weight is 128 g/mol. The minimum atomic E-state index is -0.245. The Morgan fingerprint density at radius 2 is 2.22 bits per heavy atom. The zero-order chi connectivity index (χ0) is 7.11. The number of allylic oxidation sites excluding steroid dienone is 1. The Hall–Kier alpha value is -0.630. The summed E-state index contributed by atoms with van der Waals surface area (Å²) >= 11 is 0. The molecule has 0 rings (SSSR count). The highest BCUT2D eigenvalue weighted by Gasteiger charge is 1.90. The van der Waals surface area contributed by atoms with Gasteiger partial charge in [0, 0.05) is 0 Å². The van der Waals surface area contributed by atoms with Crippen LogP contribution in [0.2, 0.25) is 0 Å². The second kappa shape index (κ2) is 5.51. The molecule has 0 aliphatic carbocycles. The predicted octanol–water partition coefficient (Wildman–Crippen LogP) is -0.212. The van der Waals surface area contributed by atoms with Crippen molar-refractivity contribution in [1.29, 1.82) is 0 Å². The standard InChI is InChI=1S/C6H12N2O/c7-6(8)4-2-1-3-5-9/h3,6H,1-2,4,7-8H2. The van der Waals surface area contributed by atoms with E-state index < -0.39 is 0 Å². The summed E-state index contributed by atoms with van der Waals surface area (Å²) in [5.74, 6) is 1.68. The van der Waals surface area contributed by atoms with E-state index in [0.717, 1.165) is 19.3 Å². The molecule has 0 amide bonds. The van der Waals surface area contributed by atoms with E-state index in [2.05, 4.69) is 0 Å². The first-order valence-electron chi connectivity index (χ1n) is 2.98. The molecule has 0 aliphatic heterocycles. The summed E-state index contributed by atoms with van der Waals surface area (Å²) in [6.45, 7) is 0. The average Bonchev–Trinajstić information content (AvgIpc) is 1.80. The van der Waals surface area contributed by atoms with Crippen LogP contribution in [0.15, 0.2) is 6.08 Å². The topological polar surface area (TPSA) is 69.1 Å². The zero-order valence-electron chi connectivity index (χ0n) is 5.34. The Morgan fingerprint density at radius 1 is 1.56 bits per heavy atom. The van der Waals surface area contributed by atoms with E-state index in [4.69, 9.17) is 11.5 Å². The lowest BCUT2D eigenvalue weighted by Gasteiger charge is -2.00. The van der Waals surface area contributed by atoms with Gasteiger partial charge in [0.15, 0.2) is 0 Å². The molecule has 9 heavy (non-hydrogen) atoms. The summed E-state index contributed by atoms with van der Waals surface area (Å²) in [6.07, 6.45) is 3.56. The van der Waals surface area contributed by atoms with Gasteiger partial charge < -0.3 is 11.5 Å². The van der Waals surface area contributed by atoms with Crippen LogP contribution in [-0.4, -0.2) is 12.1 Å². The molecule has 52 valence electrons. The molecule has 0 heterocycles. The molecule has 0 aromatic heterocycles. The van der Waals surface area contributed by atoms with Gasteiger partial charge in [-0.15, -0.1) is 0 Å². The maximum Gasteiger partial charge on any atom is 0.120 e. The highest BCUT2D eigenvalue weighted by molar-refractivity contribution is 5.44. The number of rotatable bonds is 4. The van der Waals surface area contributed by atoms with Crippen molar-refractivity contribution >= 4 is 5.94 Å². The second-order valence-electron chi connectivity index (χ2n) is 1.92. The minimum Gasteiger partial charge on any atom is -0.316 e. The fourth-order valence-electron chi connectivity index (χ4n) is 0.515. The quantitative estimate of drug-likeness (QED) is 0.312. The van der Waals surface area contributed by atoms with Crippen molar-refractivity contribution < 1.29 is 4.79 Å². The largest absolute Gasteiger partial charge is 0.316 e. The molecular weight excluding hydrogens is 116 g/mol. The Balaban J connectivity index is 3.00. The van der Waals surface area contributed by atoms with Crippen LogP contribution in [0.4, 0.5) is 0 Å². The molecule has 0 radical (unpaired) electrons. The van der Waals surface area contributed by atoms with Crippen molar-refractivity contribution in [2.75, 3.05) is 0 Å². The summed E-state index contributed by atoms with van der Waals surface area (Å²) in [5, 5.41) is 0. The fourth-order valence-corrected chi connectivity index (χ4v) is 0.515. The normalized spacial score (nSPS) is 9.22. The van der Waals surface area contributed by atoms with Crippen molar-refractivity contribution in [2.24, 2.45) is 11.5 Å². The Labute approximate surface area is 54.7 Å². The third-order valence-corrected chi connectivity index (χ3v) is 0.969. The number of hydrogen-bond donors (Lipinski definition) is 2. The summed E-state index contributed by atoms with van der Waals surface area (Å²) in [7, 11) is 0. The molecule has 0 atom stereocenters. The van der Waals surface area contributed by atoms with E-state index in [1.165, 1.54) is 6.08 Å².